The molecule has 42 heavy (non-hydrogen) atoms. The fourth-order valence-electron chi connectivity index (χ4n) is 6.71. The van der Waals surface area contributed by atoms with Crippen LogP contribution in [0, 0.1) is 0 Å². The number of carbonyl (C=O) groups is 1. The number of fused-ring (bicyclic) bond motifs is 6. The van der Waals surface area contributed by atoms with E-state index in [9.17, 15) is 9.90 Å². The van der Waals surface area contributed by atoms with Gasteiger partial charge in [0.2, 0.25) is 0 Å². The molecule has 1 N–H and O–H groups in total. The number of rotatable bonds is 4. The van der Waals surface area contributed by atoms with Gasteiger partial charge >= 0.3 is 5.97 Å². The third-order valence-corrected chi connectivity index (χ3v) is 8.62. The molecule has 0 fully saturated rings. The van der Waals surface area contributed by atoms with Gasteiger partial charge in [-0.1, -0.05) is 127 Å². The van der Waals surface area contributed by atoms with Crippen LogP contribution in [-0.2, 0) is 6.42 Å². The number of hydrogen-bond acceptors (Lipinski definition) is 1. The Labute approximate surface area is 243 Å². The highest BCUT2D eigenvalue weighted by Crippen LogP contribution is 2.42. The van der Waals surface area contributed by atoms with Crippen LogP contribution in [-0.4, -0.2) is 11.1 Å². The highest BCUT2D eigenvalue weighted by molar-refractivity contribution is 6.19. The highest BCUT2D eigenvalue weighted by Gasteiger charge is 2.18. The molecule has 8 aromatic rings. The lowest BCUT2D eigenvalue weighted by Gasteiger charge is -2.18. The normalized spacial score (nSPS) is 11.6. The SMILES string of the molecule is O=C(O)c1cc2ccccc2c2cc(-c3c4ccccc4c(Cc4ccc5ccccc5c4)c4ccccc34)ccc12. The second kappa shape index (κ2) is 9.57. The van der Waals surface area contributed by atoms with Crippen LogP contribution in [0.2, 0.25) is 0 Å². The van der Waals surface area contributed by atoms with Crippen molar-refractivity contribution < 1.29 is 9.90 Å². The van der Waals surface area contributed by atoms with Crippen molar-refractivity contribution >= 4 is 59.8 Å². The molecule has 0 radical (unpaired) electrons. The van der Waals surface area contributed by atoms with Crippen LogP contribution in [0.3, 0.4) is 0 Å². The van der Waals surface area contributed by atoms with Gasteiger partial charge in [-0.25, -0.2) is 4.79 Å². The Hall–Kier alpha value is -5.47. The fraction of sp³-hybridized carbons (Fsp3) is 0.0250. The Bertz CT molecular complexity index is 2310. The fourth-order valence-corrected chi connectivity index (χ4v) is 6.71. The van der Waals surface area contributed by atoms with Crippen LogP contribution < -0.4 is 0 Å². The van der Waals surface area contributed by atoms with Gasteiger partial charge in [-0.3, -0.25) is 0 Å². The molecular formula is C40H26O2. The van der Waals surface area contributed by atoms with Gasteiger partial charge in [-0.15, -0.1) is 0 Å². The van der Waals surface area contributed by atoms with Crippen LogP contribution in [0.4, 0.5) is 0 Å². The van der Waals surface area contributed by atoms with Crippen molar-refractivity contribution in [3.8, 4) is 11.1 Å². The maximum absolute atomic E-state index is 12.2. The zero-order valence-electron chi connectivity index (χ0n) is 22.8. The van der Waals surface area contributed by atoms with E-state index in [1.807, 2.05) is 24.3 Å². The Balaban J connectivity index is 1.41. The monoisotopic (exact) mass is 538 g/mol. The maximum atomic E-state index is 12.2. The molecule has 2 nitrogen and oxygen atoms in total. The van der Waals surface area contributed by atoms with Crippen molar-refractivity contribution in [2.45, 2.75) is 6.42 Å². The van der Waals surface area contributed by atoms with Crippen LogP contribution in [0.1, 0.15) is 21.5 Å². The first-order valence-electron chi connectivity index (χ1n) is 14.2. The lowest BCUT2D eigenvalue weighted by Crippen LogP contribution is -1.99. The van der Waals surface area contributed by atoms with Gasteiger partial charge in [0.25, 0.3) is 0 Å². The van der Waals surface area contributed by atoms with E-state index in [1.165, 1.54) is 49.0 Å². The summed E-state index contributed by atoms with van der Waals surface area (Å²) in [4.78, 5) is 12.2. The molecule has 8 aromatic carbocycles. The second-order valence-corrected chi connectivity index (χ2v) is 11.0. The van der Waals surface area contributed by atoms with Crippen molar-refractivity contribution in [3.63, 3.8) is 0 Å². The molecule has 198 valence electrons. The topological polar surface area (TPSA) is 37.3 Å². The molecule has 0 heterocycles. The Morgan fingerprint density at radius 1 is 0.476 bits per heavy atom. The zero-order chi connectivity index (χ0) is 28.2. The van der Waals surface area contributed by atoms with Crippen LogP contribution in [0.25, 0.3) is 65.0 Å². The van der Waals surface area contributed by atoms with E-state index in [0.29, 0.717) is 5.56 Å². The molecule has 0 aliphatic heterocycles. The predicted molar refractivity (Wildman–Crippen MR) is 176 cm³/mol. The van der Waals surface area contributed by atoms with Gasteiger partial charge < -0.3 is 5.11 Å². The largest absolute Gasteiger partial charge is 0.478 e. The smallest absolute Gasteiger partial charge is 0.336 e. The van der Waals surface area contributed by atoms with Crippen molar-refractivity contribution in [1.29, 1.82) is 0 Å². The molecule has 0 aromatic heterocycles. The molecule has 0 saturated carbocycles. The standard InChI is InChI=1S/C40H26O2/c41-40(42)38-23-28-11-3-4-12-30(28)37-24-29(19-20-33(37)38)39-34-15-7-5-13-31(34)36(32-14-6-8-16-35(32)39)22-25-17-18-26-9-1-2-10-27(26)21-25/h1-21,23-24H,22H2,(H,41,42). The molecule has 0 aliphatic carbocycles. The van der Waals surface area contributed by atoms with E-state index in [-0.39, 0.29) is 0 Å². The van der Waals surface area contributed by atoms with E-state index in [0.717, 1.165) is 33.5 Å². The molecule has 0 atom stereocenters. The number of benzene rings is 8. The molecule has 2 heteroatoms. The van der Waals surface area contributed by atoms with Gasteiger partial charge in [-0.2, -0.15) is 0 Å². The second-order valence-electron chi connectivity index (χ2n) is 11.0. The summed E-state index contributed by atoms with van der Waals surface area (Å²) in [5.41, 5.74) is 5.19. The molecule has 0 spiro atoms. The average Bonchev–Trinajstić information content (AvgIpc) is 3.04. The Morgan fingerprint density at radius 2 is 1.07 bits per heavy atom. The number of aromatic carboxylic acids is 1. The molecule has 0 amide bonds. The highest BCUT2D eigenvalue weighted by atomic mass is 16.4. The minimum absolute atomic E-state index is 0.329. The predicted octanol–water partition coefficient (Wildman–Crippen LogP) is 10.4. The lowest BCUT2D eigenvalue weighted by molar-refractivity contribution is 0.0699. The average molecular weight is 539 g/mol. The lowest BCUT2D eigenvalue weighted by atomic mass is 9.85. The summed E-state index contributed by atoms with van der Waals surface area (Å²) in [5.74, 6) is -0.910. The summed E-state index contributed by atoms with van der Waals surface area (Å²) in [7, 11) is 0. The number of hydrogen-bond donors (Lipinski definition) is 1. The van der Waals surface area contributed by atoms with E-state index in [4.69, 9.17) is 0 Å². The van der Waals surface area contributed by atoms with Crippen molar-refractivity contribution in [2.75, 3.05) is 0 Å². The Morgan fingerprint density at radius 3 is 1.76 bits per heavy atom. The van der Waals surface area contributed by atoms with Gasteiger partial charge in [-0.05, 0) is 94.7 Å². The van der Waals surface area contributed by atoms with Gasteiger partial charge in [0.15, 0.2) is 0 Å². The first-order valence-corrected chi connectivity index (χ1v) is 14.2. The third kappa shape index (κ3) is 3.84. The van der Waals surface area contributed by atoms with E-state index in [2.05, 4.69) is 109 Å². The number of carboxylic acid groups (broad SMARTS) is 1. The van der Waals surface area contributed by atoms with Gasteiger partial charge in [0.05, 0.1) is 5.56 Å². The van der Waals surface area contributed by atoms with Crippen LogP contribution >= 0.6 is 0 Å². The summed E-state index contributed by atoms with van der Waals surface area (Å²) in [5, 5.41) is 21.1. The van der Waals surface area contributed by atoms with Crippen molar-refractivity contribution in [2.24, 2.45) is 0 Å². The van der Waals surface area contributed by atoms with E-state index in [1.54, 1.807) is 6.07 Å². The summed E-state index contributed by atoms with van der Waals surface area (Å²) in [6.07, 6.45) is 0.830. The third-order valence-electron chi connectivity index (χ3n) is 8.62. The first kappa shape index (κ1) is 24.3. The van der Waals surface area contributed by atoms with Crippen molar-refractivity contribution in [3.05, 3.63) is 156 Å². The minimum atomic E-state index is -0.910. The van der Waals surface area contributed by atoms with Gasteiger partial charge in [0, 0.05) is 0 Å². The summed E-state index contributed by atoms with van der Waals surface area (Å²) in [6, 6.07) is 48.7. The van der Waals surface area contributed by atoms with E-state index >= 15 is 0 Å². The molecule has 0 aliphatic rings. The molecule has 0 saturated heterocycles. The summed E-state index contributed by atoms with van der Waals surface area (Å²) in [6.45, 7) is 0. The number of carboxylic acids is 1. The van der Waals surface area contributed by atoms with E-state index < -0.39 is 5.97 Å². The first-order chi connectivity index (χ1) is 20.7. The minimum Gasteiger partial charge on any atom is -0.478 e. The molecule has 0 unspecified atom stereocenters. The Kier molecular flexibility index (Phi) is 5.55. The van der Waals surface area contributed by atoms with Crippen LogP contribution in [0.15, 0.2) is 140 Å². The summed E-state index contributed by atoms with van der Waals surface area (Å²) < 4.78 is 0. The zero-order valence-corrected chi connectivity index (χ0v) is 22.8. The molecule has 0 bridgehead atoms. The van der Waals surface area contributed by atoms with Crippen molar-refractivity contribution in [1.82, 2.24) is 0 Å². The van der Waals surface area contributed by atoms with Crippen LogP contribution in [0.5, 0.6) is 0 Å². The summed E-state index contributed by atoms with van der Waals surface area (Å²) >= 11 is 0. The quantitative estimate of drug-likeness (QED) is 0.179. The maximum Gasteiger partial charge on any atom is 0.336 e. The molecular weight excluding hydrogens is 512 g/mol. The molecule has 8 rings (SSSR count). The van der Waals surface area contributed by atoms with Gasteiger partial charge in [0.1, 0.15) is 0 Å².